The number of ether oxygens (including phenoxy) is 2. The lowest BCUT2D eigenvalue weighted by Gasteiger charge is -2.46. The van der Waals surface area contributed by atoms with E-state index in [1.807, 2.05) is 76.0 Å². The summed E-state index contributed by atoms with van der Waals surface area (Å²) in [6.07, 6.45) is -0.565. The van der Waals surface area contributed by atoms with Gasteiger partial charge in [-0.1, -0.05) is 24.3 Å². The van der Waals surface area contributed by atoms with Crippen molar-refractivity contribution in [1.82, 2.24) is 9.88 Å². The lowest BCUT2D eigenvalue weighted by Crippen LogP contribution is -2.51. The second-order valence-corrected chi connectivity index (χ2v) is 12.6. The minimum absolute atomic E-state index is 0.0491. The Balaban J connectivity index is 1.03. The van der Waals surface area contributed by atoms with Gasteiger partial charge >= 0.3 is 13.3 Å². The third kappa shape index (κ3) is 4.62. The lowest BCUT2D eigenvalue weighted by atomic mass is 9.79. The van der Waals surface area contributed by atoms with Crippen LogP contribution in [0.3, 0.4) is 0 Å². The van der Waals surface area contributed by atoms with Gasteiger partial charge in [-0.2, -0.15) is 0 Å². The van der Waals surface area contributed by atoms with Crippen LogP contribution in [0.25, 0.3) is 10.9 Å². The van der Waals surface area contributed by atoms with E-state index in [1.165, 1.54) is 12.1 Å². The number of rotatable bonds is 4. The summed E-state index contributed by atoms with van der Waals surface area (Å²) in [5, 5.41) is 0.911. The third-order valence-corrected chi connectivity index (χ3v) is 9.33. The van der Waals surface area contributed by atoms with E-state index >= 15 is 0 Å². The van der Waals surface area contributed by atoms with Crippen molar-refractivity contribution in [2.24, 2.45) is 0 Å². The van der Waals surface area contributed by atoms with Crippen LogP contribution < -0.4 is 15.1 Å². The van der Waals surface area contributed by atoms with Crippen molar-refractivity contribution in [3.8, 4) is 5.75 Å². The van der Waals surface area contributed by atoms with Gasteiger partial charge in [0.2, 0.25) is 0 Å². The molecule has 1 amide bonds. The second-order valence-electron chi connectivity index (χ2n) is 12.6. The maximum absolute atomic E-state index is 13.9. The molecule has 3 aliphatic rings. The van der Waals surface area contributed by atoms with Gasteiger partial charge in [-0.05, 0) is 87.1 Å². The predicted octanol–water partition coefficient (Wildman–Crippen LogP) is 5.47. The van der Waals surface area contributed by atoms with Crippen LogP contribution >= 0.6 is 0 Å². The molecule has 4 aromatic rings. The van der Waals surface area contributed by atoms with Gasteiger partial charge in [0, 0.05) is 24.5 Å². The number of carbonyl (C=O) groups excluding carboxylic acids is 2. The molecule has 11 heteroatoms. The number of halogens is 1. The molecule has 3 aliphatic heterocycles. The Morgan fingerprint density at radius 2 is 1.77 bits per heavy atom. The van der Waals surface area contributed by atoms with Gasteiger partial charge in [-0.15, -0.1) is 0 Å². The number of anilines is 1. The second kappa shape index (κ2) is 10.1. The topological polar surface area (TPSA) is 93.3 Å². The summed E-state index contributed by atoms with van der Waals surface area (Å²) in [5.41, 5.74) is 4.69. The molecule has 0 bridgehead atoms. The van der Waals surface area contributed by atoms with Crippen LogP contribution in [0, 0.1) is 5.82 Å². The van der Waals surface area contributed by atoms with Gasteiger partial charge in [0.05, 0.1) is 28.1 Å². The first-order chi connectivity index (χ1) is 20.9. The maximum Gasteiger partial charge on any atom is 0.514 e. The van der Waals surface area contributed by atoms with Gasteiger partial charge < -0.3 is 33.6 Å². The normalized spacial score (nSPS) is 19.9. The fraction of sp³-hybridized carbons (Fsp3) is 0.333. The van der Waals surface area contributed by atoms with Crippen molar-refractivity contribution >= 4 is 41.2 Å². The molecule has 0 spiro atoms. The highest BCUT2D eigenvalue weighted by Crippen LogP contribution is 2.43. The molecule has 1 saturated heterocycles. The molecular weight excluding hydrogens is 564 g/mol. The van der Waals surface area contributed by atoms with Crippen LogP contribution in [-0.4, -0.2) is 53.9 Å². The molecule has 0 saturated carbocycles. The van der Waals surface area contributed by atoms with Crippen molar-refractivity contribution in [2.75, 3.05) is 18.5 Å². The summed E-state index contributed by atoms with van der Waals surface area (Å²) in [7, 11) is 1.44. The predicted molar refractivity (Wildman–Crippen MR) is 164 cm³/mol. The number of nitrogens with one attached hydrogen (secondary N) is 1. The monoisotopic (exact) mass is 597 g/mol. The molecule has 44 heavy (non-hydrogen) atoms. The Labute approximate surface area is 255 Å². The highest BCUT2D eigenvalue weighted by Gasteiger charge is 2.51. The van der Waals surface area contributed by atoms with Crippen molar-refractivity contribution < 1.29 is 32.8 Å². The number of benzene rings is 3. The number of aromatic amines is 1. The summed E-state index contributed by atoms with van der Waals surface area (Å²) in [6, 6.07) is 17.2. The molecule has 0 aliphatic carbocycles. The van der Waals surface area contributed by atoms with E-state index in [2.05, 4.69) is 4.98 Å². The van der Waals surface area contributed by atoms with E-state index in [0.29, 0.717) is 30.0 Å². The Morgan fingerprint density at radius 1 is 1.05 bits per heavy atom. The minimum atomic E-state index is -0.809. The van der Waals surface area contributed by atoms with E-state index in [9.17, 15) is 14.0 Å². The summed E-state index contributed by atoms with van der Waals surface area (Å²) >= 11 is 0. The van der Waals surface area contributed by atoms with Gasteiger partial charge in [0.15, 0.2) is 0 Å². The Bertz CT molecular complexity index is 1790. The fourth-order valence-electron chi connectivity index (χ4n) is 6.22. The number of aromatic nitrogens is 1. The van der Waals surface area contributed by atoms with Crippen molar-refractivity contribution in [3.05, 3.63) is 88.9 Å². The molecular formula is C33H33BFN3O6. The number of hydrogen-bond donors (Lipinski definition) is 1. The first-order valence-electron chi connectivity index (χ1n) is 14.7. The highest BCUT2D eigenvalue weighted by atomic mass is 19.1. The first-order valence-corrected chi connectivity index (χ1v) is 14.7. The average molecular weight is 597 g/mol. The Morgan fingerprint density at radius 3 is 2.50 bits per heavy atom. The number of hydrogen-bond acceptors (Lipinski definition) is 7. The van der Waals surface area contributed by atoms with Crippen LogP contribution in [0.4, 0.5) is 14.9 Å². The van der Waals surface area contributed by atoms with Crippen LogP contribution in [-0.2, 0) is 27.1 Å². The first kappa shape index (κ1) is 28.4. The molecule has 0 radical (unpaired) electrons. The molecule has 1 N–H and O–H groups in total. The van der Waals surface area contributed by atoms with E-state index in [4.69, 9.17) is 18.8 Å². The van der Waals surface area contributed by atoms with Crippen molar-refractivity contribution in [2.45, 2.75) is 58.1 Å². The summed E-state index contributed by atoms with van der Waals surface area (Å²) < 4.78 is 37.1. The van der Waals surface area contributed by atoms with E-state index in [-0.39, 0.29) is 18.7 Å². The highest BCUT2D eigenvalue weighted by molar-refractivity contribution is 6.62. The van der Waals surface area contributed by atoms with E-state index < -0.39 is 30.3 Å². The van der Waals surface area contributed by atoms with Gasteiger partial charge in [-0.25, -0.2) is 9.18 Å². The number of carbonyl (C=O) groups is 2. The third-order valence-electron chi connectivity index (χ3n) is 9.33. The zero-order valence-corrected chi connectivity index (χ0v) is 25.3. The molecule has 3 aromatic carbocycles. The maximum atomic E-state index is 13.9. The van der Waals surface area contributed by atoms with Crippen LogP contribution in [0.2, 0.25) is 0 Å². The molecule has 1 aromatic heterocycles. The summed E-state index contributed by atoms with van der Waals surface area (Å²) in [4.78, 5) is 33.1. The number of nitrogens with zero attached hydrogens (tertiary/aromatic N) is 2. The Hall–Kier alpha value is -4.35. The quantitative estimate of drug-likeness (QED) is 0.190. The summed E-state index contributed by atoms with van der Waals surface area (Å²) in [6.45, 7) is 8.57. The zero-order chi connectivity index (χ0) is 31.0. The van der Waals surface area contributed by atoms with E-state index in [0.717, 1.165) is 33.2 Å². The standard InChI is InChI=1S/C33H33BFN3O6/c1-32(2)33(3,4)44-34(43-32)20-8-6-19(7-9-20)18-41-31(40)42-22-11-12-26-24(17-22)23-14-15-38-29(28(23)36-26)37(5)27-13-10-21(35)16-25(27)30(38)39/h6-13,16-17,29,36H,14-15,18H2,1-5H3. The number of amides is 1. The molecule has 1 atom stereocenters. The molecule has 1 fully saturated rings. The molecule has 9 nitrogen and oxygen atoms in total. The van der Waals surface area contributed by atoms with Crippen molar-refractivity contribution in [3.63, 3.8) is 0 Å². The average Bonchev–Trinajstić information content (AvgIpc) is 3.46. The minimum Gasteiger partial charge on any atom is -0.429 e. The van der Waals surface area contributed by atoms with Crippen LogP contribution in [0.1, 0.15) is 61.0 Å². The Kier molecular flexibility index (Phi) is 6.53. The molecule has 7 rings (SSSR count). The zero-order valence-electron chi connectivity index (χ0n) is 25.3. The summed E-state index contributed by atoms with van der Waals surface area (Å²) in [5.74, 6) is -0.271. The van der Waals surface area contributed by atoms with Crippen molar-refractivity contribution in [1.29, 1.82) is 0 Å². The lowest BCUT2D eigenvalue weighted by molar-refractivity contribution is 0.00578. The van der Waals surface area contributed by atoms with E-state index in [1.54, 1.807) is 17.0 Å². The SMILES string of the molecule is CN1c2ccc(F)cc2C(=O)N2CCc3c([nH]c4ccc(OC(=O)OCc5ccc(B6OC(C)(C)C(C)(C)O6)cc5)cc34)C21. The molecule has 4 heterocycles. The molecule has 1 unspecified atom stereocenters. The van der Waals surface area contributed by atoms with Gasteiger partial charge in [-0.3, -0.25) is 4.79 Å². The van der Waals surface area contributed by atoms with Crippen LogP contribution in [0.5, 0.6) is 5.75 Å². The largest absolute Gasteiger partial charge is 0.514 e. The smallest absolute Gasteiger partial charge is 0.429 e. The fourth-order valence-corrected chi connectivity index (χ4v) is 6.22. The number of H-pyrrole nitrogens is 1. The number of fused-ring (bicyclic) bond motifs is 6. The van der Waals surface area contributed by atoms with Gasteiger partial charge in [0.1, 0.15) is 24.3 Å². The van der Waals surface area contributed by atoms with Gasteiger partial charge in [0.25, 0.3) is 5.91 Å². The molecule has 226 valence electrons. The van der Waals surface area contributed by atoms with Crippen LogP contribution in [0.15, 0.2) is 60.7 Å².